The van der Waals surface area contributed by atoms with Crippen LogP contribution in [0.1, 0.15) is 10.4 Å². The molecule has 1 rings (SSSR count). The summed E-state index contributed by atoms with van der Waals surface area (Å²) in [5, 5.41) is 8.66. The van der Waals surface area contributed by atoms with Crippen LogP contribution >= 0.6 is 15.9 Å². The van der Waals surface area contributed by atoms with Crippen molar-refractivity contribution in [2.45, 2.75) is 10.9 Å². The van der Waals surface area contributed by atoms with Crippen molar-refractivity contribution in [1.29, 1.82) is 0 Å². The van der Waals surface area contributed by atoms with E-state index < -0.39 is 12.0 Å². The zero-order valence-corrected chi connectivity index (χ0v) is 8.44. The van der Waals surface area contributed by atoms with Gasteiger partial charge < -0.3 is 10.8 Å². The summed E-state index contributed by atoms with van der Waals surface area (Å²) in [6, 6.07) is 8.32. The maximum absolute atomic E-state index is 10.6. The van der Waals surface area contributed by atoms with Gasteiger partial charge in [0.2, 0.25) is 0 Å². The zero-order valence-electron chi connectivity index (χ0n) is 6.85. The fraction of sp³-hybridized carbons (Fsp3) is 0.222. The van der Waals surface area contributed by atoms with Gasteiger partial charge >= 0.3 is 5.97 Å². The molecule has 0 heterocycles. The van der Waals surface area contributed by atoms with E-state index in [9.17, 15) is 4.79 Å². The summed E-state index contributed by atoms with van der Waals surface area (Å²) in [5.74, 6) is -1.01. The molecule has 0 aliphatic carbocycles. The molecule has 1 aromatic rings. The topological polar surface area (TPSA) is 63.3 Å². The van der Waals surface area contributed by atoms with Gasteiger partial charge in [-0.05, 0) is 5.56 Å². The fourth-order valence-electron chi connectivity index (χ4n) is 0.969. The number of rotatable bonds is 3. The first-order valence-electron chi connectivity index (χ1n) is 3.80. The van der Waals surface area contributed by atoms with Crippen LogP contribution < -0.4 is 5.73 Å². The van der Waals surface area contributed by atoms with E-state index in [4.69, 9.17) is 10.8 Å². The molecule has 0 radical (unpaired) electrons. The largest absolute Gasteiger partial charge is 0.480 e. The number of carboxylic acids is 1. The van der Waals surface area contributed by atoms with Gasteiger partial charge in [-0.25, -0.2) is 0 Å². The predicted octanol–water partition coefficient (Wildman–Crippen LogP) is 1.53. The molecule has 1 unspecified atom stereocenters. The molecule has 0 saturated carbocycles. The number of carboxylic acid groups (broad SMARTS) is 1. The van der Waals surface area contributed by atoms with Gasteiger partial charge in [0.15, 0.2) is 0 Å². The average molecular weight is 244 g/mol. The lowest BCUT2D eigenvalue weighted by Gasteiger charge is -2.13. The van der Waals surface area contributed by atoms with Gasteiger partial charge in [-0.2, -0.15) is 0 Å². The van der Waals surface area contributed by atoms with Crippen molar-refractivity contribution in [2.75, 3.05) is 0 Å². The summed E-state index contributed by atoms with van der Waals surface area (Å²) in [6.45, 7) is 0. The quantitative estimate of drug-likeness (QED) is 0.792. The molecule has 4 heteroatoms. The normalized spacial score (nSPS) is 14.9. The van der Waals surface area contributed by atoms with E-state index in [2.05, 4.69) is 15.9 Å². The molecule has 0 bridgehead atoms. The highest BCUT2D eigenvalue weighted by atomic mass is 79.9. The summed E-state index contributed by atoms with van der Waals surface area (Å²) >= 11 is 3.25. The minimum Gasteiger partial charge on any atom is -0.480 e. The standard InChI is InChI=1S/C9H10BrNO2/c10-7(8(11)9(12)13)6-4-2-1-3-5-6/h1-5,7-8H,11H2,(H,12,13)/t7?,8-/m1/s1. The third kappa shape index (κ3) is 2.54. The Labute approximate surface area is 84.7 Å². The molecule has 0 aliphatic heterocycles. The Kier molecular flexibility index (Phi) is 3.45. The molecule has 0 saturated heterocycles. The Morgan fingerprint density at radius 3 is 2.38 bits per heavy atom. The molecule has 3 nitrogen and oxygen atoms in total. The number of hydrogen-bond donors (Lipinski definition) is 2. The number of halogens is 1. The molecule has 70 valence electrons. The van der Waals surface area contributed by atoms with Gasteiger partial charge in [0.05, 0.1) is 4.83 Å². The Morgan fingerprint density at radius 1 is 1.38 bits per heavy atom. The lowest BCUT2D eigenvalue weighted by molar-refractivity contribution is -0.138. The highest BCUT2D eigenvalue weighted by Gasteiger charge is 2.22. The first-order valence-corrected chi connectivity index (χ1v) is 4.72. The number of nitrogens with two attached hydrogens (primary N) is 1. The lowest BCUT2D eigenvalue weighted by Crippen LogP contribution is -2.33. The van der Waals surface area contributed by atoms with E-state index in [1.807, 2.05) is 30.3 Å². The maximum Gasteiger partial charge on any atom is 0.321 e. The lowest BCUT2D eigenvalue weighted by atomic mass is 10.1. The average Bonchev–Trinajstić information content (AvgIpc) is 2.17. The first-order chi connectivity index (χ1) is 6.13. The van der Waals surface area contributed by atoms with E-state index in [0.29, 0.717) is 0 Å². The first kappa shape index (κ1) is 10.2. The van der Waals surface area contributed by atoms with E-state index in [1.165, 1.54) is 0 Å². The van der Waals surface area contributed by atoms with Crippen molar-refractivity contribution in [3.63, 3.8) is 0 Å². The number of alkyl halides is 1. The summed E-state index contributed by atoms with van der Waals surface area (Å²) in [4.78, 5) is 10.2. The van der Waals surface area contributed by atoms with Crippen LogP contribution in [0.15, 0.2) is 30.3 Å². The molecule has 13 heavy (non-hydrogen) atoms. The van der Waals surface area contributed by atoms with E-state index >= 15 is 0 Å². The number of benzene rings is 1. The van der Waals surface area contributed by atoms with Crippen LogP contribution in [0.5, 0.6) is 0 Å². The summed E-state index contributed by atoms with van der Waals surface area (Å²) in [6.07, 6.45) is 0. The van der Waals surface area contributed by atoms with Crippen molar-refractivity contribution in [3.8, 4) is 0 Å². The SMILES string of the molecule is N[C@@H](C(=O)O)C(Br)c1ccccc1. The van der Waals surface area contributed by atoms with Crippen molar-refractivity contribution in [3.05, 3.63) is 35.9 Å². The monoisotopic (exact) mass is 243 g/mol. The van der Waals surface area contributed by atoms with Crippen LogP contribution in [0.25, 0.3) is 0 Å². The zero-order chi connectivity index (χ0) is 9.84. The highest BCUT2D eigenvalue weighted by molar-refractivity contribution is 9.09. The van der Waals surface area contributed by atoms with Crippen LogP contribution in [-0.4, -0.2) is 17.1 Å². The Balaban J connectivity index is 2.79. The fourth-order valence-corrected chi connectivity index (χ4v) is 1.50. The van der Waals surface area contributed by atoms with Crippen molar-refractivity contribution >= 4 is 21.9 Å². The predicted molar refractivity (Wildman–Crippen MR) is 53.7 cm³/mol. The third-order valence-corrected chi connectivity index (χ3v) is 2.82. The number of hydrogen-bond acceptors (Lipinski definition) is 2. The molecule has 3 N–H and O–H groups in total. The Bertz CT molecular complexity index is 289. The molecular weight excluding hydrogens is 234 g/mol. The Hall–Kier alpha value is -0.870. The van der Waals surface area contributed by atoms with E-state index in [1.54, 1.807) is 0 Å². The van der Waals surface area contributed by atoms with Gasteiger partial charge in [0, 0.05) is 0 Å². The maximum atomic E-state index is 10.6. The third-order valence-electron chi connectivity index (χ3n) is 1.72. The van der Waals surface area contributed by atoms with Crippen molar-refractivity contribution in [1.82, 2.24) is 0 Å². The second kappa shape index (κ2) is 4.39. The van der Waals surface area contributed by atoms with Crippen LogP contribution in [-0.2, 0) is 4.79 Å². The van der Waals surface area contributed by atoms with Gasteiger partial charge in [0.1, 0.15) is 6.04 Å². The second-order valence-electron chi connectivity index (χ2n) is 2.68. The number of aliphatic carboxylic acids is 1. The highest BCUT2D eigenvalue weighted by Crippen LogP contribution is 2.24. The van der Waals surface area contributed by atoms with Gasteiger partial charge in [0.25, 0.3) is 0 Å². The van der Waals surface area contributed by atoms with Crippen LogP contribution in [0.4, 0.5) is 0 Å². The molecule has 0 amide bonds. The van der Waals surface area contributed by atoms with E-state index in [-0.39, 0.29) is 4.83 Å². The van der Waals surface area contributed by atoms with Crippen LogP contribution in [0, 0.1) is 0 Å². The molecule has 2 atom stereocenters. The number of carbonyl (C=O) groups is 1. The molecule has 0 fully saturated rings. The summed E-state index contributed by atoms with van der Waals surface area (Å²) in [7, 11) is 0. The summed E-state index contributed by atoms with van der Waals surface area (Å²) < 4.78 is 0. The van der Waals surface area contributed by atoms with Gasteiger partial charge in [-0.1, -0.05) is 46.3 Å². The van der Waals surface area contributed by atoms with Crippen LogP contribution in [0.2, 0.25) is 0 Å². The smallest absolute Gasteiger partial charge is 0.321 e. The van der Waals surface area contributed by atoms with Crippen molar-refractivity contribution in [2.24, 2.45) is 5.73 Å². The second-order valence-corrected chi connectivity index (χ2v) is 3.66. The minimum atomic E-state index is -1.01. The molecular formula is C9H10BrNO2. The molecule has 0 aromatic heterocycles. The molecule has 0 spiro atoms. The van der Waals surface area contributed by atoms with Crippen molar-refractivity contribution < 1.29 is 9.90 Å². The summed E-state index contributed by atoms with van der Waals surface area (Å²) in [5.41, 5.74) is 6.32. The van der Waals surface area contributed by atoms with Gasteiger partial charge in [-0.3, -0.25) is 4.79 Å². The Morgan fingerprint density at radius 2 is 1.92 bits per heavy atom. The van der Waals surface area contributed by atoms with Crippen LogP contribution in [0.3, 0.4) is 0 Å². The van der Waals surface area contributed by atoms with Gasteiger partial charge in [-0.15, -0.1) is 0 Å². The molecule has 1 aromatic carbocycles. The molecule has 0 aliphatic rings. The van der Waals surface area contributed by atoms with E-state index in [0.717, 1.165) is 5.56 Å². The minimum absolute atomic E-state index is 0.341.